The molecule has 0 radical (unpaired) electrons. The molecule has 1 aliphatic rings. The first-order valence-corrected chi connectivity index (χ1v) is 11.3. The lowest BCUT2D eigenvalue weighted by molar-refractivity contribution is -0.122. The van der Waals surface area contributed by atoms with Crippen LogP contribution in [0.5, 0.6) is 11.5 Å². The number of carbonyl (C=O) groups excluding carboxylic acids is 3. The number of nitrogens with zero attached hydrogens (tertiary/aromatic N) is 1. The third-order valence-electron chi connectivity index (χ3n) is 5.57. The van der Waals surface area contributed by atoms with Crippen molar-refractivity contribution in [1.29, 1.82) is 0 Å². The Hall–Kier alpha value is -4.10. The van der Waals surface area contributed by atoms with E-state index in [0.717, 1.165) is 22.4 Å². The van der Waals surface area contributed by atoms with Gasteiger partial charge < -0.3 is 9.47 Å². The highest BCUT2D eigenvalue weighted by atomic mass is 35.5. The fourth-order valence-electron chi connectivity index (χ4n) is 3.59. The van der Waals surface area contributed by atoms with E-state index in [1.807, 2.05) is 37.3 Å². The monoisotopic (exact) mass is 490 g/mol. The molecule has 0 saturated carbocycles. The minimum atomic E-state index is -0.800. The molecule has 1 aliphatic heterocycles. The Morgan fingerprint density at radius 1 is 1.00 bits per heavy atom. The quantitative estimate of drug-likeness (QED) is 0.365. The molecular weight excluding hydrogens is 468 g/mol. The Bertz CT molecular complexity index is 1320. The lowest BCUT2D eigenvalue weighted by atomic mass is 10.1. The predicted molar refractivity (Wildman–Crippen MR) is 134 cm³/mol. The largest absolute Gasteiger partial charge is 0.497 e. The number of hydrogen-bond acceptors (Lipinski definition) is 5. The third kappa shape index (κ3) is 5.20. The number of benzene rings is 3. The maximum atomic E-state index is 13.3. The van der Waals surface area contributed by atoms with Crippen molar-refractivity contribution in [3.05, 3.63) is 94.0 Å². The predicted octanol–water partition coefficient (Wildman–Crippen LogP) is 5.16. The molecular formula is C27H23ClN2O5. The summed E-state index contributed by atoms with van der Waals surface area (Å²) in [7, 11) is 1.52. The fourth-order valence-corrected chi connectivity index (χ4v) is 3.78. The average molecular weight is 491 g/mol. The lowest BCUT2D eigenvalue weighted by Crippen LogP contribution is -2.54. The Morgan fingerprint density at radius 3 is 2.43 bits per heavy atom. The van der Waals surface area contributed by atoms with Crippen molar-refractivity contribution in [1.82, 2.24) is 5.32 Å². The highest BCUT2D eigenvalue weighted by Crippen LogP contribution is 2.30. The maximum Gasteiger partial charge on any atom is 0.335 e. The van der Waals surface area contributed by atoms with Gasteiger partial charge in [0.2, 0.25) is 0 Å². The highest BCUT2D eigenvalue weighted by molar-refractivity contribution is 6.39. The SMILES string of the molecule is CCc1ccc(N2C(=O)NC(=O)/C(=C\c3ccc(OC)cc3OCc3ccccc3Cl)C2=O)cc1. The average Bonchev–Trinajstić information content (AvgIpc) is 2.86. The Labute approximate surface area is 207 Å². The van der Waals surface area contributed by atoms with Crippen molar-refractivity contribution in [2.24, 2.45) is 0 Å². The number of carbonyl (C=O) groups is 3. The molecule has 1 fully saturated rings. The van der Waals surface area contributed by atoms with Gasteiger partial charge in [-0.3, -0.25) is 14.9 Å². The van der Waals surface area contributed by atoms with Crippen LogP contribution < -0.4 is 19.7 Å². The molecule has 178 valence electrons. The van der Waals surface area contributed by atoms with Gasteiger partial charge in [-0.25, -0.2) is 9.69 Å². The van der Waals surface area contributed by atoms with Gasteiger partial charge in [0.05, 0.1) is 12.8 Å². The summed E-state index contributed by atoms with van der Waals surface area (Å²) in [5.74, 6) is -0.591. The molecule has 35 heavy (non-hydrogen) atoms. The summed E-state index contributed by atoms with van der Waals surface area (Å²) in [6.45, 7) is 2.17. The molecule has 4 amide bonds. The summed E-state index contributed by atoms with van der Waals surface area (Å²) in [6, 6.07) is 18.5. The zero-order valence-electron chi connectivity index (χ0n) is 19.2. The number of rotatable bonds is 7. The van der Waals surface area contributed by atoms with Gasteiger partial charge in [-0.15, -0.1) is 0 Å². The summed E-state index contributed by atoms with van der Waals surface area (Å²) in [6.07, 6.45) is 2.22. The number of aryl methyl sites for hydroxylation is 1. The van der Waals surface area contributed by atoms with Crippen LogP contribution in [0.3, 0.4) is 0 Å². The summed E-state index contributed by atoms with van der Waals surface area (Å²) >= 11 is 6.24. The molecule has 0 atom stereocenters. The van der Waals surface area contributed by atoms with Gasteiger partial charge in [0, 0.05) is 22.2 Å². The first-order chi connectivity index (χ1) is 16.9. The molecule has 0 unspecified atom stereocenters. The van der Waals surface area contributed by atoms with Gasteiger partial charge in [-0.05, 0) is 48.4 Å². The van der Waals surface area contributed by atoms with Crippen LogP contribution >= 0.6 is 11.6 Å². The van der Waals surface area contributed by atoms with Crippen LogP contribution in [0.1, 0.15) is 23.6 Å². The van der Waals surface area contributed by atoms with Gasteiger partial charge in [0.15, 0.2) is 0 Å². The second-order valence-corrected chi connectivity index (χ2v) is 8.17. The van der Waals surface area contributed by atoms with Crippen molar-refractivity contribution in [2.45, 2.75) is 20.0 Å². The van der Waals surface area contributed by atoms with Gasteiger partial charge in [-0.2, -0.15) is 0 Å². The second kappa shape index (κ2) is 10.4. The van der Waals surface area contributed by atoms with Gasteiger partial charge in [0.1, 0.15) is 23.7 Å². The number of halogens is 1. The molecule has 4 rings (SSSR count). The molecule has 1 heterocycles. The van der Waals surface area contributed by atoms with E-state index in [4.69, 9.17) is 21.1 Å². The first-order valence-electron chi connectivity index (χ1n) is 11.0. The first kappa shape index (κ1) is 24.0. The number of ether oxygens (including phenoxy) is 2. The molecule has 3 aromatic carbocycles. The van der Waals surface area contributed by atoms with Crippen LogP contribution in [-0.2, 0) is 22.6 Å². The van der Waals surface area contributed by atoms with Crippen molar-refractivity contribution in [3.8, 4) is 11.5 Å². The number of amides is 4. The number of barbiturate groups is 1. The molecule has 8 heteroatoms. The van der Waals surface area contributed by atoms with E-state index < -0.39 is 17.8 Å². The highest BCUT2D eigenvalue weighted by Gasteiger charge is 2.37. The lowest BCUT2D eigenvalue weighted by Gasteiger charge is -2.26. The molecule has 0 aromatic heterocycles. The molecule has 7 nitrogen and oxygen atoms in total. The Kier molecular flexibility index (Phi) is 7.17. The van der Waals surface area contributed by atoms with Crippen LogP contribution in [0.15, 0.2) is 72.3 Å². The van der Waals surface area contributed by atoms with Crippen molar-refractivity contribution >= 4 is 41.2 Å². The molecule has 0 spiro atoms. The molecule has 1 N–H and O–H groups in total. The van der Waals surface area contributed by atoms with Crippen LogP contribution in [0.4, 0.5) is 10.5 Å². The van der Waals surface area contributed by atoms with E-state index in [9.17, 15) is 14.4 Å². The molecule has 3 aromatic rings. The zero-order chi connectivity index (χ0) is 24.9. The Morgan fingerprint density at radius 2 is 1.74 bits per heavy atom. The number of nitrogens with one attached hydrogen (secondary N) is 1. The van der Waals surface area contributed by atoms with E-state index in [2.05, 4.69) is 5.32 Å². The van der Waals surface area contributed by atoms with Crippen LogP contribution in [0.25, 0.3) is 6.08 Å². The number of methoxy groups -OCH3 is 1. The third-order valence-corrected chi connectivity index (χ3v) is 5.93. The molecule has 0 bridgehead atoms. The normalized spacial score (nSPS) is 14.8. The van der Waals surface area contributed by atoms with E-state index in [-0.39, 0.29) is 12.2 Å². The number of urea groups is 1. The molecule has 1 saturated heterocycles. The van der Waals surface area contributed by atoms with Crippen LogP contribution in [-0.4, -0.2) is 25.0 Å². The van der Waals surface area contributed by atoms with Crippen molar-refractivity contribution < 1.29 is 23.9 Å². The van der Waals surface area contributed by atoms with Gasteiger partial charge >= 0.3 is 6.03 Å². The van der Waals surface area contributed by atoms with E-state index in [1.165, 1.54) is 13.2 Å². The number of hydrogen-bond donors (Lipinski definition) is 1. The Balaban J connectivity index is 1.68. The van der Waals surface area contributed by atoms with Crippen LogP contribution in [0.2, 0.25) is 5.02 Å². The topological polar surface area (TPSA) is 84.9 Å². The van der Waals surface area contributed by atoms with Gasteiger partial charge in [-0.1, -0.05) is 48.9 Å². The summed E-state index contributed by atoms with van der Waals surface area (Å²) in [5.41, 5.74) is 2.47. The van der Waals surface area contributed by atoms with E-state index >= 15 is 0 Å². The number of anilines is 1. The van der Waals surface area contributed by atoms with Gasteiger partial charge in [0.25, 0.3) is 11.8 Å². The van der Waals surface area contributed by atoms with Crippen LogP contribution in [0, 0.1) is 0 Å². The minimum Gasteiger partial charge on any atom is -0.497 e. The van der Waals surface area contributed by atoms with E-state index in [0.29, 0.717) is 27.8 Å². The van der Waals surface area contributed by atoms with E-state index in [1.54, 1.807) is 36.4 Å². The molecule has 0 aliphatic carbocycles. The zero-order valence-corrected chi connectivity index (χ0v) is 20.0. The summed E-state index contributed by atoms with van der Waals surface area (Å²) in [4.78, 5) is 39.3. The van der Waals surface area contributed by atoms with Crippen molar-refractivity contribution in [2.75, 3.05) is 12.0 Å². The fraction of sp³-hybridized carbons (Fsp3) is 0.148. The summed E-state index contributed by atoms with van der Waals surface area (Å²) < 4.78 is 11.3. The number of imide groups is 2. The second-order valence-electron chi connectivity index (χ2n) is 7.76. The standard InChI is InChI=1S/C27H23ClN2O5/c1-3-17-8-11-20(12-9-17)30-26(32)22(25(31)29-27(30)33)14-18-10-13-21(34-2)15-24(18)35-16-19-6-4-5-7-23(19)28/h4-15H,3,16H2,1-2H3,(H,29,31,33)/b22-14+. The maximum absolute atomic E-state index is 13.3. The van der Waals surface area contributed by atoms with Crippen molar-refractivity contribution in [3.63, 3.8) is 0 Å². The summed E-state index contributed by atoms with van der Waals surface area (Å²) in [5, 5.41) is 2.80. The smallest absolute Gasteiger partial charge is 0.335 e. The minimum absolute atomic E-state index is 0.164.